The number of hydrogen-bond donors (Lipinski definition) is 2. The minimum absolute atomic E-state index is 0.00126. The molecule has 3 aromatic rings. The van der Waals surface area contributed by atoms with E-state index in [4.69, 9.17) is 4.74 Å². The molecule has 0 aliphatic carbocycles. The molecule has 1 saturated heterocycles. The molecule has 3 heterocycles. The van der Waals surface area contributed by atoms with E-state index in [-0.39, 0.29) is 23.7 Å². The Morgan fingerprint density at radius 3 is 2.44 bits per heavy atom. The molecule has 39 heavy (non-hydrogen) atoms. The zero-order valence-corrected chi connectivity index (χ0v) is 21.0. The zero-order valence-electron chi connectivity index (χ0n) is 21.0. The van der Waals surface area contributed by atoms with Crippen LogP contribution in [0.4, 0.5) is 33.5 Å². The van der Waals surface area contributed by atoms with Crippen molar-refractivity contribution in [2.45, 2.75) is 37.9 Å². The molecular formula is C27H28F5N5O2. The first-order valence-corrected chi connectivity index (χ1v) is 12.5. The fourth-order valence-electron chi connectivity index (χ4n) is 4.21. The summed E-state index contributed by atoms with van der Waals surface area (Å²) in [5, 5.41) is 5.61. The van der Waals surface area contributed by atoms with Gasteiger partial charge in [0.05, 0.1) is 11.1 Å². The summed E-state index contributed by atoms with van der Waals surface area (Å²) in [6.45, 7) is 2.29. The van der Waals surface area contributed by atoms with E-state index in [1.807, 2.05) is 0 Å². The lowest BCUT2D eigenvalue weighted by Crippen LogP contribution is -2.35. The molecule has 12 heteroatoms. The first kappa shape index (κ1) is 28.2. The van der Waals surface area contributed by atoms with Crippen molar-refractivity contribution in [2.75, 3.05) is 36.9 Å². The number of carbonyl (C=O) groups excluding carboxylic acids is 1. The molecular weight excluding hydrogens is 521 g/mol. The van der Waals surface area contributed by atoms with Gasteiger partial charge in [0.2, 0.25) is 0 Å². The second-order valence-electron chi connectivity index (χ2n) is 9.10. The van der Waals surface area contributed by atoms with Gasteiger partial charge in [-0.25, -0.2) is 4.98 Å². The number of hydrogen-bond acceptors (Lipinski definition) is 6. The van der Waals surface area contributed by atoms with Crippen LogP contribution in [0.1, 0.15) is 40.7 Å². The van der Waals surface area contributed by atoms with E-state index in [0.717, 1.165) is 50.0 Å². The standard InChI is InChI=1S/C27H28F5N5O2/c28-26(29,27(30,31)32)22-7-6-20(17-23(22)39-16-15-37-13-2-1-3-14-37)36-25(38)21-5-4-10-34-24(21)35-18-19-8-11-33-12-9-19/h4-12,17H,1-3,13-16,18H2,(H,34,35)(H,36,38). The molecule has 1 aliphatic heterocycles. The summed E-state index contributed by atoms with van der Waals surface area (Å²) < 4.78 is 73.6. The van der Waals surface area contributed by atoms with Crippen molar-refractivity contribution in [2.24, 2.45) is 0 Å². The number of pyridine rings is 2. The van der Waals surface area contributed by atoms with Crippen molar-refractivity contribution < 1.29 is 31.5 Å². The number of carbonyl (C=O) groups is 1. The molecule has 2 aromatic heterocycles. The lowest BCUT2D eigenvalue weighted by molar-refractivity contribution is -0.289. The maximum Gasteiger partial charge on any atom is 0.458 e. The monoisotopic (exact) mass is 549 g/mol. The Morgan fingerprint density at radius 1 is 0.974 bits per heavy atom. The number of nitrogens with zero attached hydrogens (tertiary/aromatic N) is 3. The summed E-state index contributed by atoms with van der Waals surface area (Å²) in [5.41, 5.74) is -0.260. The summed E-state index contributed by atoms with van der Waals surface area (Å²) in [6.07, 6.45) is 2.02. The molecule has 0 atom stereocenters. The Morgan fingerprint density at radius 2 is 1.72 bits per heavy atom. The van der Waals surface area contributed by atoms with Crippen LogP contribution < -0.4 is 15.4 Å². The summed E-state index contributed by atoms with van der Waals surface area (Å²) >= 11 is 0. The lowest BCUT2D eigenvalue weighted by atomic mass is 10.1. The third-order valence-electron chi connectivity index (χ3n) is 6.31. The summed E-state index contributed by atoms with van der Waals surface area (Å²) in [7, 11) is 0. The van der Waals surface area contributed by atoms with Gasteiger partial charge in [-0.2, -0.15) is 22.0 Å². The number of anilines is 2. The van der Waals surface area contributed by atoms with Crippen LogP contribution in [0.3, 0.4) is 0 Å². The van der Waals surface area contributed by atoms with Crippen molar-refractivity contribution in [1.82, 2.24) is 14.9 Å². The van der Waals surface area contributed by atoms with Gasteiger partial charge >= 0.3 is 12.1 Å². The molecule has 0 spiro atoms. The molecule has 7 nitrogen and oxygen atoms in total. The second kappa shape index (κ2) is 12.4. The van der Waals surface area contributed by atoms with Crippen LogP contribution in [0, 0.1) is 0 Å². The van der Waals surface area contributed by atoms with E-state index >= 15 is 0 Å². The number of benzene rings is 1. The fourth-order valence-corrected chi connectivity index (χ4v) is 4.21. The van der Waals surface area contributed by atoms with E-state index in [9.17, 15) is 26.7 Å². The Kier molecular flexibility index (Phi) is 8.95. The molecule has 0 bridgehead atoms. The number of alkyl halides is 5. The lowest BCUT2D eigenvalue weighted by Gasteiger charge is -2.27. The van der Waals surface area contributed by atoms with Gasteiger partial charge in [0.15, 0.2) is 0 Å². The second-order valence-corrected chi connectivity index (χ2v) is 9.10. The Bertz CT molecular complexity index is 1250. The van der Waals surface area contributed by atoms with Crippen molar-refractivity contribution in [3.63, 3.8) is 0 Å². The quantitative estimate of drug-likeness (QED) is 0.309. The number of rotatable bonds is 10. The maximum absolute atomic E-state index is 14.3. The summed E-state index contributed by atoms with van der Waals surface area (Å²) in [6, 6.07) is 9.26. The molecule has 4 rings (SSSR count). The topological polar surface area (TPSA) is 79.4 Å². The van der Waals surface area contributed by atoms with Gasteiger partial charge in [0, 0.05) is 43.4 Å². The molecule has 1 aliphatic rings. The third kappa shape index (κ3) is 7.20. The van der Waals surface area contributed by atoms with Crippen LogP contribution in [0.25, 0.3) is 0 Å². The summed E-state index contributed by atoms with van der Waals surface area (Å²) in [5.74, 6) is -6.14. The molecule has 1 amide bonds. The van der Waals surface area contributed by atoms with E-state index in [0.29, 0.717) is 19.2 Å². The average molecular weight is 550 g/mol. The average Bonchev–Trinajstić information content (AvgIpc) is 2.92. The van der Waals surface area contributed by atoms with Crippen molar-refractivity contribution in [1.29, 1.82) is 0 Å². The molecule has 208 valence electrons. The first-order chi connectivity index (χ1) is 18.6. The fraction of sp³-hybridized carbons (Fsp3) is 0.370. The highest BCUT2D eigenvalue weighted by Gasteiger charge is 2.60. The number of halogens is 5. The van der Waals surface area contributed by atoms with Gasteiger partial charge in [0.25, 0.3) is 5.91 Å². The van der Waals surface area contributed by atoms with E-state index < -0.39 is 29.3 Å². The third-order valence-corrected chi connectivity index (χ3v) is 6.31. The molecule has 0 unspecified atom stereocenters. The smallest absolute Gasteiger partial charge is 0.458 e. The minimum Gasteiger partial charge on any atom is -0.492 e. The number of nitrogens with one attached hydrogen (secondary N) is 2. The van der Waals surface area contributed by atoms with Gasteiger partial charge in [0.1, 0.15) is 18.2 Å². The van der Waals surface area contributed by atoms with E-state index in [2.05, 4.69) is 25.5 Å². The predicted molar refractivity (Wildman–Crippen MR) is 136 cm³/mol. The highest BCUT2D eigenvalue weighted by molar-refractivity contribution is 6.07. The zero-order chi connectivity index (χ0) is 27.9. The SMILES string of the molecule is O=C(Nc1ccc(C(F)(F)C(F)(F)F)c(OCCN2CCCCC2)c1)c1cccnc1NCc1ccncc1. The van der Waals surface area contributed by atoms with Gasteiger partial charge < -0.3 is 15.4 Å². The Hall–Kier alpha value is -3.80. The maximum atomic E-state index is 14.3. The molecule has 0 radical (unpaired) electrons. The van der Waals surface area contributed by atoms with Crippen LogP contribution in [0.15, 0.2) is 61.1 Å². The Labute approximate surface area is 222 Å². The largest absolute Gasteiger partial charge is 0.492 e. The van der Waals surface area contributed by atoms with Crippen molar-refractivity contribution in [3.05, 3.63) is 77.7 Å². The number of amides is 1. The number of piperidine rings is 1. The minimum atomic E-state index is -5.81. The van der Waals surface area contributed by atoms with Crippen LogP contribution in [0.2, 0.25) is 0 Å². The normalized spacial score (nSPS) is 14.6. The highest BCUT2D eigenvalue weighted by atomic mass is 19.4. The molecule has 2 N–H and O–H groups in total. The van der Waals surface area contributed by atoms with Crippen LogP contribution in [-0.2, 0) is 12.5 Å². The van der Waals surface area contributed by atoms with Crippen molar-refractivity contribution >= 4 is 17.4 Å². The molecule has 0 saturated carbocycles. The number of ether oxygens (including phenoxy) is 1. The van der Waals surface area contributed by atoms with Crippen molar-refractivity contribution in [3.8, 4) is 5.75 Å². The van der Waals surface area contributed by atoms with Crippen LogP contribution >= 0.6 is 0 Å². The van der Waals surface area contributed by atoms with E-state index in [1.54, 1.807) is 30.6 Å². The van der Waals surface area contributed by atoms with Gasteiger partial charge in [-0.1, -0.05) is 6.42 Å². The van der Waals surface area contributed by atoms with Crippen LogP contribution in [-0.4, -0.2) is 53.2 Å². The first-order valence-electron chi connectivity index (χ1n) is 12.5. The molecule has 1 fully saturated rings. The van der Waals surface area contributed by atoms with Gasteiger partial charge in [-0.15, -0.1) is 0 Å². The summed E-state index contributed by atoms with van der Waals surface area (Å²) in [4.78, 5) is 23.3. The number of likely N-dealkylation sites (tertiary alicyclic amines) is 1. The highest BCUT2D eigenvalue weighted by Crippen LogP contribution is 2.47. The van der Waals surface area contributed by atoms with Gasteiger partial charge in [-0.05, 0) is 67.9 Å². The van der Waals surface area contributed by atoms with Gasteiger partial charge in [-0.3, -0.25) is 14.7 Å². The van der Waals surface area contributed by atoms with Crippen LogP contribution in [0.5, 0.6) is 5.75 Å². The number of aromatic nitrogens is 2. The predicted octanol–water partition coefficient (Wildman–Crippen LogP) is 5.86. The molecule has 1 aromatic carbocycles. The Balaban J connectivity index is 1.52. The van der Waals surface area contributed by atoms with E-state index in [1.165, 1.54) is 12.3 Å².